The molecule has 3 aromatic rings. The van der Waals surface area contributed by atoms with Crippen LogP contribution in [0.5, 0.6) is 0 Å². The molecule has 7 heteroatoms. The van der Waals surface area contributed by atoms with E-state index in [1.807, 2.05) is 60.1 Å². The molecule has 2 atom stereocenters. The summed E-state index contributed by atoms with van der Waals surface area (Å²) in [5.74, 6) is -0.235. The van der Waals surface area contributed by atoms with Gasteiger partial charge in [0.2, 0.25) is 11.8 Å². The molecule has 7 nitrogen and oxygen atoms in total. The zero-order chi connectivity index (χ0) is 22.5. The van der Waals surface area contributed by atoms with Gasteiger partial charge in [0.05, 0.1) is 23.4 Å². The van der Waals surface area contributed by atoms with Gasteiger partial charge >= 0.3 is 0 Å². The zero-order valence-corrected chi connectivity index (χ0v) is 18.4. The standard InChI is InChI=1S/C25H28N4O3/c1-3-12-32-17(2)18-8-7-9-19(13-18)22-15-23(27-25(31)20-14-24(30)26-16-20)28-29(22)21-10-5-4-6-11-21/h4-11,13,15,17,20H,3,12,14,16H2,1-2H3,(H,26,30)(H,27,28,31)/t17-,20-/m0/s1. The Morgan fingerprint density at radius 2 is 2.03 bits per heavy atom. The van der Waals surface area contributed by atoms with Gasteiger partial charge < -0.3 is 15.4 Å². The fraction of sp³-hybridized carbons (Fsp3) is 0.320. The molecule has 4 rings (SSSR count). The van der Waals surface area contributed by atoms with Gasteiger partial charge in [-0.1, -0.05) is 43.3 Å². The van der Waals surface area contributed by atoms with E-state index in [-0.39, 0.29) is 30.3 Å². The molecule has 1 fully saturated rings. The summed E-state index contributed by atoms with van der Waals surface area (Å²) in [6.07, 6.45) is 1.15. The zero-order valence-electron chi connectivity index (χ0n) is 18.4. The molecule has 0 aliphatic carbocycles. The highest BCUT2D eigenvalue weighted by molar-refractivity contribution is 5.97. The molecular weight excluding hydrogens is 404 g/mol. The molecule has 1 aliphatic heterocycles. The average Bonchev–Trinajstić information content (AvgIpc) is 3.44. The first kappa shape index (κ1) is 21.8. The maximum atomic E-state index is 12.6. The molecule has 1 aliphatic rings. The minimum Gasteiger partial charge on any atom is -0.374 e. The van der Waals surface area contributed by atoms with E-state index in [1.165, 1.54) is 0 Å². The second kappa shape index (κ2) is 9.78. The van der Waals surface area contributed by atoms with Crippen LogP contribution >= 0.6 is 0 Å². The van der Waals surface area contributed by atoms with E-state index >= 15 is 0 Å². The lowest BCUT2D eigenvalue weighted by Gasteiger charge is -2.14. The lowest BCUT2D eigenvalue weighted by atomic mass is 10.0. The van der Waals surface area contributed by atoms with Crippen molar-refractivity contribution in [2.75, 3.05) is 18.5 Å². The summed E-state index contributed by atoms with van der Waals surface area (Å²) in [5, 5.41) is 10.2. The summed E-state index contributed by atoms with van der Waals surface area (Å²) in [4.78, 5) is 24.1. The van der Waals surface area contributed by atoms with Gasteiger partial charge in [0.1, 0.15) is 0 Å². The maximum Gasteiger partial charge on any atom is 0.230 e. The van der Waals surface area contributed by atoms with Gasteiger partial charge in [-0.2, -0.15) is 0 Å². The number of ether oxygens (including phenoxy) is 1. The summed E-state index contributed by atoms with van der Waals surface area (Å²) in [7, 11) is 0. The third kappa shape index (κ3) is 4.89. The van der Waals surface area contributed by atoms with Crippen molar-refractivity contribution >= 4 is 17.6 Å². The molecule has 2 amide bonds. The van der Waals surface area contributed by atoms with E-state index < -0.39 is 0 Å². The van der Waals surface area contributed by atoms with E-state index in [2.05, 4.69) is 34.8 Å². The van der Waals surface area contributed by atoms with E-state index in [0.29, 0.717) is 19.0 Å². The number of anilines is 1. The summed E-state index contributed by atoms with van der Waals surface area (Å²) >= 11 is 0. The van der Waals surface area contributed by atoms with Gasteiger partial charge in [-0.25, -0.2) is 4.68 Å². The number of amides is 2. The Hall–Kier alpha value is -3.45. The Labute approximate surface area is 187 Å². The third-order valence-electron chi connectivity index (χ3n) is 5.53. The highest BCUT2D eigenvalue weighted by Crippen LogP contribution is 2.29. The minimum absolute atomic E-state index is 0.0189. The Balaban J connectivity index is 1.66. The average molecular weight is 433 g/mol. The molecule has 0 saturated carbocycles. The first-order valence-electron chi connectivity index (χ1n) is 11.0. The van der Waals surface area contributed by atoms with Crippen molar-refractivity contribution in [2.24, 2.45) is 5.92 Å². The molecule has 2 heterocycles. The number of carbonyl (C=O) groups excluding carboxylic acids is 2. The third-order valence-corrected chi connectivity index (χ3v) is 5.53. The molecule has 0 spiro atoms. The number of hydrogen-bond donors (Lipinski definition) is 2. The summed E-state index contributed by atoms with van der Waals surface area (Å²) < 4.78 is 7.72. The molecule has 1 aromatic heterocycles. The van der Waals surface area contributed by atoms with Gasteiger partial charge in [0, 0.05) is 31.2 Å². The molecular formula is C25H28N4O3. The monoisotopic (exact) mass is 432 g/mol. The van der Waals surface area contributed by atoms with Crippen LogP contribution in [0.15, 0.2) is 60.7 Å². The van der Waals surface area contributed by atoms with E-state index in [0.717, 1.165) is 28.9 Å². The number of hydrogen-bond acceptors (Lipinski definition) is 4. The largest absolute Gasteiger partial charge is 0.374 e. The Bertz CT molecular complexity index is 1090. The van der Waals surface area contributed by atoms with Crippen LogP contribution in [0.25, 0.3) is 16.9 Å². The van der Waals surface area contributed by atoms with Crippen molar-refractivity contribution in [1.29, 1.82) is 0 Å². The maximum absolute atomic E-state index is 12.6. The second-order valence-electron chi connectivity index (χ2n) is 8.00. The summed E-state index contributed by atoms with van der Waals surface area (Å²) in [6, 6.07) is 19.8. The van der Waals surface area contributed by atoms with Crippen LogP contribution < -0.4 is 10.6 Å². The Morgan fingerprint density at radius 1 is 1.22 bits per heavy atom. The number of benzene rings is 2. The molecule has 32 heavy (non-hydrogen) atoms. The van der Waals surface area contributed by atoms with Crippen LogP contribution in [0, 0.1) is 5.92 Å². The molecule has 0 radical (unpaired) electrons. The van der Waals surface area contributed by atoms with Gasteiger partial charge in [0.25, 0.3) is 0 Å². The van der Waals surface area contributed by atoms with Crippen LogP contribution in [0.2, 0.25) is 0 Å². The minimum atomic E-state index is -0.382. The molecule has 1 saturated heterocycles. The first-order valence-corrected chi connectivity index (χ1v) is 11.0. The van der Waals surface area contributed by atoms with Crippen LogP contribution in [-0.2, 0) is 14.3 Å². The smallest absolute Gasteiger partial charge is 0.230 e. The fourth-order valence-electron chi connectivity index (χ4n) is 3.77. The SMILES string of the molecule is CCCO[C@@H](C)c1cccc(-c2cc(NC(=O)[C@@H]3CNC(=O)C3)nn2-c2ccccc2)c1. The first-order chi connectivity index (χ1) is 15.5. The van der Waals surface area contributed by atoms with Crippen LogP contribution in [0.1, 0.15) is 38.4 Å². The van der Waals surface area contributed by atoms with Crippen LogP contribution in [0.3, 0.4) is 0 Å². The topological polar surface area (TPSA) is 85.2 Å². The van der Waals surface area contributed by atoms with Gasteiger partial charge in [-0.15, -0.1) is 5.10 Å². The van der Waals surface area contributed by atoms with Gasteiger partial charge in [-0.05, 0) is 37.1 Å². The molecule has 0 bridgehead atoms. The highest BCUT2D eigenvalue weighted by Gasteiger charge is 2.28. The van der Waals surface area contributed by atoms with Gasteiger partial charge in [0.15, 0.2) is 5.82 Å². The van der Waals surface area contributed by atoms with Crippen molar-refractivity contribution in [2.45, 2.75) is 32.8 Å². The predicted molar refractivity (Wildman–Crippen MR) is 123 cm³/mol. The molecule has 2 N–H and O–H groups in total. The fourth-order valence-corrected chi connectivity index (χ4v) is 3.77. The highest BCUT2D eigenvalue weighted by atomic mass is 16.5. The number of nitrogens with one attached hydrogen (secondary N) is 2. The van der Waals surface area contributed by atoms with Crippen molar-refractivity contribution < 1.29 is 14.3 Å². The number of carbonyl (C=O) groups is 2. The lowest BCUT2D eigenvalue weighted by Crippen LogP contribution is -2.24. The molecule has 0 unspecified atom stereocenters. The van der Waals surface area contributed by atoms with Crippen molar-refractivity contribution in [3.63, 3.8) is 0 Å². The van der Waals surface area contributed by atoms with Crippen molar-refractivity contribution in [1.82, 2.24) is 15.1 Å². The normalized spacial score (nSPS) is 16.6. The number of para-hydroxylation sites is 1. The van der Waals surface area contributed by atoms with Crippen molar-refractivity contribution in [3.8, 4) is 16.9 Å². The van der Waals surface area contributed by atoms with E-state index in [1.54, 1.807) is 0 Å². The molecule has 2 aromatic carbocycles. The number of aromatic nitrogens is 2. The second-order valence-corrected chi connectivity index (χ2v) is 8.00. The summed E-state index contributed by atoms with van der Waals surface area (Å²) in [6.45, 7) is 5.21. The van der Waals surface area contributed by atoms with Crippen LogP contribution in [0.4, 0.5) is 5.82 Å². The lowest BCUT2D eigenvalue weighted by molar-refractivity contribution is -0.123. The van der Waals surface area contributed by atoms with E-state index in [9.17, 15) is 9.59 Å². The van der Waals surface area contributed by atoms with E-state index in [4.69, 9.17) is 4.74 Å². The summed E-state index contributed by atoms with van der Waals surface area (Å²) in [5.41, 5.74) is 3.81. The predicted octanol–water partition coefficient (Wildman–Crippen LogP) is 4.10. The number of rotatable bonds is 8. The Kier molecular flexibility index (Phi) is 6.66. The van der Waals surface area contributed by atoms with Crippen LogP contribution in [-0.4, -0.2) is 34.7 Å². The van der Waals surface area contributed by atoms with Crippen molar-refractivity contribution in [3.05, 3.63) is 66.2 Å². The molecule has 166 valence electrons. The Morgan fingerprint density at radius 3 is 2.75 bits per heavy atom. The van der Waals surface area contributed by atoms with Gasteiger partial charge in [-0.3, -0.25) is 9.59 Å². The number of nitrogens with zero attached hydrogens (tertiary/aromatic N) is 2. The quantitative estimate of drug-likeness (QED) is 0.561.